The first-order valence-corrected chi connectivity index (χ1v) is 5.35. The van der Waals surface area contributed by atoms with Crippen LogP contribution >= 0.6 is 0 Å². The maximum absolute atomic E-state index is 11.1. The largest absolute Gasteiger partial charge is 0.458 e. The molecule has 1 aromatic carbocycles. The van der Waals surface area contributed by atoms with Crippen LogP contribution in [0.5, 0.6) is 0 Å². The summed E-state index contributed by atoms with van der Waals surface area (Å²) in [7, 11) is 0. The van der Waals surface area contributed by atoms with Gasteiger partial charge in [-0.25, -0.2) is 0 Å². The second-order valence-corrected chi connectivity index (χ2v) is 3.89. The third-order valence-electron chi connectivity index (χ3n) is 2.49. The number of cyclic esters (lactones) is 1. The zero-order chi connectivity index (χ0) is 11.4. The summed E-state index contributed by atoms with van der Waals surface area (Å²) in [5, 5.41) is 9.41. The van der Waals surface area contributed by atoms with Gasteiger partial charge < -0.3 is 9.84 Å². The number of esters is 1. The Morgan fingerprint density at radius 1 is 1.31 bits per heavy atom. The molecule has 3 nitrogen and oxygen atoms in total. The highest BCUT2D eigenvalue weighted by Crippen LogP contribution is 2.16. The van der Waals surface area contributed by atoms with Crippen molar-refractivity contribution in [2.75, 3.05) is 0 Å². The molecule has 1 fully saturated rings. The van der Waals surface area contributed by atoms with Crippen molar-refractivity contribution in [3.63, 3.8) is 0 Å². The first-order chi connectivity index (χ1) is 7.74. The van der Waals surface area contributed by atoms with E-state index in [9.17, 15) is 9.90 Å². The Bertz CT molecular complexity index is 383. The molecular weight excluding hydrogens is 204 g/mol. The van der Waals surface area contributed by atoms with Gasteiger partial charge >= 0.3 is 5.97 Å². The Morgan fingerprint density at radius 3 is 2.75 bits per heavy atom. The zero-order valence-electron chi connectivity index (χ0n) is 8.87. The Morgan fingerprint density at radius 2 is 2.06 bits per heavy atom. The SMILES string of the molecule is O=C1CC(O)C[C@H](/C=C/c2ccccc2)O1. The van der Waals surface area contributed by atoms with Crippen molar-refractivity contribution in [1.29, 1.82) is 0 Å². The van der Waals surface area contributed by atoms with Crippen LogP contribution in [0.25, 0.3) is 6.08 Å². The fraction of sp³-hybridized carbons (Fsp3) is 0.308. The minimum atomic E-state index is -0.577. The predicted molar refractivity (Wildman–Crippen MR) is 60.6 cm³/mol. The molecular formula is C13H14O3. The molecule has 1 unspecified atom stereocenters. The summed E-state index contributed by atoms with van der Waals surface area (Å²) in [6.45, 7) is 0. The lowest BCUT2D eigenvalue weighted by atomic mass is 10.0. The molecule has 0 radical (unpaired) electrons. The minimum Gasteiger partial charge on any atom is -0.458 e. The zero-order valence-corrected chi connectivity index (χ0v) is 8.87. The molecule has 84 valence electrons. The van der Waals surface area contributed by atoms with Crippen molar-refractivity contribution >= 4 is 12.0 Å². The molecule has 0 aliphatic carbocycles. The molecule has 0 spiro atoms. The van der Waals surface area contributed by atoms with Gasteiger partial charge in [0.25, 0.3) is 0 Å². The van der Waals surface area contributed by atoms with Gasteiger partial charge in [0.2, 0.25) is 0 Å². The predicted octanol–water partition coefficient (Wildman–Crippen LogP) is 1.77. The lowest BCUT2D eigenvalue weighted by molar-refractivity contribution is -0.156. The quantitative estimate of drug-likeness (QED) is 0.769. The van der Waals surface area contributed by atoms with Crippen LogP contribution < -0.4 is 0 Å². The highest BCUT2D eigenvalue weighted by Gasteiger charge is 2.25. The summed E-state index contributed by atoms with van der Waals surface area (Å²) >= 11 is 0. The van der Waals surface area contributed by atoms with Crippen LogP contribution in [0.2, 0.25) is 0 Å². The highest BCUT2D eigenvalue weighted by atomic mass is 16.5. The van der Waals surface area contributed by atoms with Crippen LogP contribution in [0.4, 0.5) is 0 Å². The Balaban J connectivity index is 1.99. The van der Waals surface area contributed by atoms with E-state index in [4.69, 9.17) is 4.74 Å². The molecule has 2 atom stereocenters. The Kier molecular flexibility index (Phi) is 3.37. The van der Waals surface area contributed by atoms with E-state index in [0.717, 1.165) is 5.56 Å². The minimum absolute atomic E-state index is 0.107. The molecule has 0 amide bonds. The van der Waals surface area contributed by atoms with Crippen LogP contribution in [0.15, 0.2) is 36.4 Å². The highest BCUT2D eigenvalue weighted by molar-refractivity contribution is 5.71. The molecule has 0 saturated carbocycles. The van der Waals surface area contributed by atoms with Gasteiger partial charge in [0, 0.05) is 6.42 Å². The van der Waals surface area contributed by atoms with Crippen molar-refractivity contribution < 1.29 is 14.6 Å². The van der Waals surface area contributed by atoms with Gasteiger partial charge in [-0.15, -0.1) is 0 Å². The summed E-state index contributed by atoms with van der Waals surface area (Å²) < 4.78 is 5.09. The number of hydrogen-bond donors (Lipinski definition) is 1. The second-order valence-electron chi connectivity index (χ2n) is 3.89. The fourth-order valence-corrected chi connectivity index (χ4v) is 1.71. The normalized spacial score (nSPS) is 25.7. The van der Waals surface area contributed by atoms with E-state index in [1.54, 1.807) is 0 Å². The number of aliphatic hydroxyl groups is 1. The number of ether oxygens (including phenoxy) is 1. The summed E-state index contributed by atoms with van der Waals surface area (Å²) in [5.74, 6) is -0.332. The van der Waals surface area contributed by atoms with E-state index in [-0.39, 0.29) is 18.5 Å². The standard InChI is InChI=1S/C13H14O3/c14-11-8-12(16-13(15)9-11)7-6-10-4-2-1-3-5-10/h1-7,11-12,14H,8-9H2/b7-6+/t11?,12-/m0/s1. The van der Waals surface area contributed by atoms with E-state index in [1.165, 1.54) is 0 Å². The summed E-state index contributed by atoms with van der Waals surface area (Å²) in [6, 6.07) is 9.78. The maximum atomic E-state index is 11.1. The monoisotopic (exact) mass is 218 g/mol. The van der Waals surface area contributed by atoms with Crippen LogP contribution in [-0.2, 0) is 9.53 Å². The lowest BCUT2D eigenvalue weighted by Crippen LogP contribution is -2.31. The van der Waals surface area contributed by atoms with Crippen molar-refractivity contribution in [2.45, 2.75) is 25.0 Å². The van der Waals surface area contributed by atoms with Crippen molar-refractivity contribution in [1.82, 2.24) is 0 Å². The van der Waals surface area contributed by atoms with Gasteiger partial charge in [-0.05, 0) is 11.6 Å². The molecule has 1 aliphatic heterocycles. The number of hydrogen-bond acceptors (Lipinski definition) is 3. The summed E-state index contributed by atoms with van der Waals surface area (Å²) in [4.78, 5) is 11.1. The molecule has 2 rings (SSSR count). The van der Waals surface area contributed by atoms with Gasteiger partial charge in [-0.1, -0.05) is 36.4 Å². The Hall–Kier alpha value is -1.61. The molecule has 1 aromatic rings. The number of carbonyl (C=O) groups is 1. The van der Waals surface area contributed by atoms with Crippen LogP contribution in [0, 0.1) is 0 Å². The number of rotatable bonds is 2. The van der Waals surface area contributed by atoms with Crippen molar-refractivity contribution in [3.05, 3.63) is 42.0 Å². The first-order valence-electron chi connectivity index (χ1n) is 5.35. The smallest absolute Gasteiger partial charge is 0.309 e. The van der Waals surface area contributed by atoms with E-state index < -0.39 is 6.10 Å². The molecule has 1 N–H and O–H groups in total. The summed E-state index contributed by atoms with van der Waals surface area (Å²) in [5.41, 5.74) is 1.05. The van der Waals surface area contributed by atoms with E-state index in [0.29, 0.717) is 6.42 Å². The topological polar surface area (TPSA) is 46.5 Å². The number of aliphatic hydroxyl groups excluding tert-OH is 1. The summed E-state index contributed by atoms with van der Waals surface area (Å²) in [6.07, 6.45) is 3.42. The molecule has 1 saturated heterocycles. The molecule has 0 aromatic heterocycles. The van der Waals surface area contributed by atoms with Crippen molar-refractivity contribution in [3.8, 4) is 0 Å². The lowest BCUT2D eigenvalue weighted by Gasteiger charge is -2.23. The van der Waals surface area contributed by atoms with Gasteiger partial charge in [-0.2, -0.15) is 0 Å². The maximum Gasteiger partial charge on any atom is 0.309 e. The molecule has 1 heterocycles. The molecule has 1 aliphatic rings. The van der Waals surface area contributed by atoms with Crippen LogP contribution in [0.1, 0.15) is 18.4 Å². The average molecular weight is 218 g/mol. The van der Waals surface area contributed by atoms with Gasteiger partial charge in [0.15, 0.2) is 0 Å². The molecule has 0 bridgehead atoms. The van der Waals surface area contributed by atoms with Crippen LogP contribution in [-0.4, -0.2) is 23.3 Å². The number of carbonyl (C=O) groups excluding carboxylic acids is 1. The number of benzene rings is 1. The van der Waals surface area contributed by atoms with Gasteiger partial charge in [0.05, 0.1) is 12.5 Å². The second kappa shape index (κ2) is 4.94. The first kappa shape index (κ1) is 10.9. The molecule has 16 heavy (non-hydrogen) atoms. The average Bonchev–Trinajstić information content (AvgIpc) is 2.27. The molecule has 3 heteroatoms. The third kappa shape index (κ3) is 2.94. The van der Waals surface area contributed by atoms with E-state index in [1.807, 2.05) is 42.5 Å². The Labute approximate surface area is 94.4 Å². The third-order valence-corrected chi connectivity index (χ3v) is 2.49. The van der Waals surface area contributed by atoms with Gasteiger partial charge in [-0.3, -0.25) is 4.79 Å². The van der Waals surface area contributed by atoms with Crippen LogP contribution in [0.3, 0.4) is 0 Å². The van der Waals surface area contributed by atoms with Crippen molar-refractivity contribution in [2.24, 2.45) is 0 Å². The van der Waals surface area contributed by atoms with Gasteiger partial charge in [0.1, 0.15) is 6.10 Å². The van der Waals surface area contributed by atoms with E-state index in [2.05, 4.69) is 0 Å². The fourth-order valence-electron chi connectivity index (χ4n) is 1.71. The van der Waals surface area contributed by atoms with E-state index >= 15 is 0 Å².